The number of nitrogens with zero attached hydrogens (tertiary/aromatic N) is 1. The van der Waals surface area contributed by atoms with Gasteiger partial charge in [0.25, 0.3) is 0 Å². The second kappa shape index (κ2) is 11.7. The minimum atomic E-state index is -0.822. The summed E-state index contributed by atoms with van der Waals surface area (Å²) >= 11 is 0. The molecule has 204 valence electrons. The Hall–Kier alpha value is -4.21. The van der Waals surface area contributed by atoms with Crippen molar-refractivity contribution >= 4 is 18.0 Å². The second-order valence-electron chi connectivity index (χ2n) is 9.96. The van der Waals surface area contributed by atoms with Gasteiger partial charge in [-0.3, -0.25) is 4.79 Å². The summed E-state index contributed by atoms with van der Waals surface area (Å²) in [5.74, 6) is 0.135. The standard InChI is InChI=1S/C29H30FN3O6/c1-37-28(35)23(13-17-5-3-2-4-6-17)32-24(34)11-12-31-29(36)38-16-20-14-19-15-22(20)25-26(33-39-27(19)25)18-7-9-21(30)10-8-18/h2-10,19-20,22-23H,11-16H2,1H3,(H,31,36)(H,32,34)/t19?,20?,22?,23-/m0/s1/i30-1. The van der Waals surface area contributed by atoms with E-state index in [2.05, 4.69) is 15.8 Å². The lowest BCUT2D eigenvalue weighted by molar-refractivity contribution is -0.145. The number of rotatable bonds is 10. The fourth-order valence-electron chi connectivity index (χ4n) is 5.62. The highest BCUT2D eigenvalue weighted by molar-refractivity contribution is 5.85. The molecule has 1 aromatic heterocycles. The maximum Gasteiger partial charge on any atom is 0.407 e. The topological polar surface area (TPSA) is 120 Å². The smallest absolute Gasteiger partial charge is 0.407 e. The Labute approximate surface area is 225 Å². The molecular formula is C29H30FN3O6. The monoisotopic (exact) mass is 534 g/mol. The van der Waals surface area contributed by atoms with Crippen LogP contribution in [0.25, 0.3) is 11.3 Å². The first kappa shape index (κ1) is 26.4. The van der Waals surface area contributed by atoms with Crippen LogP contribution in [0.5, 0.6) is 0 Å². The van der Waals surface area contributed by atoms with Crippen molar-refractivity contribution in [3.05, 3.63) is 77.3 Å². The van der Waals surface area contributed by atoms with Crippen LogP contribution in [0.4, 0.5) is 9.18 Å². The van der Waals surface area contributed by atoms with Crippen molar-refractivity contribution < 1.29 is 32.8 Å². The number of methoxy groups -OCH3 is 1. The van der Waals surface area contributed by atoms with E-state index >= 15 is 0 Å². The lowest BCUT2D eigenvalue weighted by atomic mass is 9.85. The number of amides is 2. The van der Waals surface area contributed by atoms with Crippen molar-refractivity contribution in [1.29, 1.82) is 0 Å². The molecule has 2 bridgehead atoms. The van der Waals surface area contributed by atoms with Gasteiger partial charge >= 0.3 is 12.1 Å². The van der Waals surface area contributed by atoms with E-state index in [0.29, 0.717) is 6.42 Å². The van der Waals surface area contributed by atoms with Crippen LogP contribution in [0, 0.1) is 11.7 Å². The Balaban J connectivity index is 1.08. The summed E-state index contributed by atoms with van der Waals surface area (Å²) in [4.78, 5) is 36.8. The van der Waals surface area contributed by atoms with E-state index in [1.54, 1.807) is 12.1 Å². The van der Waals surface area contributed by atoms with Gasteiger partial charge in [0, 0.05) is 42.3 Å². The summed E-state index contributed by atoms with van der Waals surface area (Å²) in [7, 11) is 1.27. The van der Waals surface area contributed by atoms with Crippen molar-refractivity contribution in [2.24, 2.45) is 5.92 Å². The predicted octanol–water partition coefficient (Wildman–Crippen LogP) is 4.09. The van der Waals surface area contributed by atoms with E-state index in [0.717, 1.165) is 41.0 Å². The van der Waals surface area contributed by atoms with Crippen molar-refractivity contribution in [3.8, 4) is 11.3 Å². The van der Waals surface area contributed by atoms with Crippen LogP contribution in [0.3, 0.4) is 0 Å². The molecule has 1 fully saturated rings. The van der Waals surface area contributed by atoms with E-state index in [1.807, 2.05) is 30.3 Å². The van der Waals surface area contributed by atoms with Gasteiger partial charge in [0.05, 0.1) is 13.7 Å². The van der Waals surface area contributed by atoms with E-state index in [4.69, 9.17) is 14.0 Å². The van der Waals surface area contributed by atoms with E-state index in [-0.39, 0.29) is 49.1 Å². The zero-order valence-electron chi connectivity index (χ0n) is 21.5. The Morgan fingerprint density at radius 1 is 1.10 bits per heavy atom. The molecule has 2 aliphatic carbocycles. The number of fused-ring (bicyclic) bond motifs is 5. The van der Waals surface area contributed by atoms with Gasteiger partial charge in [-0.15, -0.1) is 0 Å². The maximum absolute atomic E-state index is 13.4. The number of aromatic nitrogens is 1. The largest absolute Gasteiger partial charge is 0.467 e. The van der Waals surface area contributed by atoms with Crippen molar-refractivity contribution in [3.63, 3.8) is 0 Å². The number of hydrogen-bond donors (Lipinski definition) is 2. The Morgan fingerprint density at radius 2 is 1.87 bits per heavy atom. The molecular weight excluding hydrogens is 504 g/mol. The Morgan fingerprint density at radius 3 is 2.62 bits per heavy atom. The third-order valence-corrected chi connectivity index (χ3v) is 7.46. The van der Waals surface area contributed by atoms with Crippen LogP contribution >= 0.6 is 0 Å². The Bertz CT molecular complexity index is 1330. The highest BCUT2D eigenvalue weighted by atomic mass is 18.2. The summed E-state index contributed by atoms with van der Waals surface area (Å²) in [6.45, 7) is 0.291. The Kier molecular flexibility index (Phi) is 7.90. The molecule has 4 atom stereocenters. The average molecular weight is 535 g/mol. The number of carbonyl (C=O) groups is 3. The first-order valence-corrected chi connectivity index (χ1v) is 13.0. The van der Waals surface area contributed by atoms with Gasteiger partial charge < -0.3 is 24.6 Å². The molecule has 0 spiro atoms. The van der Waals surface area contributed by atoms with Crippen LogP contribution in [0.2, 0.25) is 0 Å². The third kappa shape index (κ3) is 5.94. The molecule has 2 aliphatic rings. The fourth-order valence-corrected chi connectivity index (χ4v) is 5.62. The zero-order chi connectivity index (χ0) is 27.4. The zero-order valence-corrected chi connectivity index (χ0v) is 21.5. The molecule has 1 saturated carbocycles. The van der Waals surface area contributed by atoms with Gasteiger partial charge in [-0.2, -0.15) is 0 Å². The first-order valence-electron chi connectivity index (χ1n) is 13.0. The van der Waals surface area contributed by atoms with Crippen LogP contribution < -0.4 is 10.6 Å². The van der Waals surface area contributed by atoms with Crippen LogP contribution in [0.15, 0.2) is 59.1 Å². The number of nitrogens with one attached hydrogen (secondary N) is 2. The normalized spacial score (nSPS) is 19.7. The highest BCUT2D eigenvalue weighted by Crippen LogP contribution is 2.58. The molecule has 3 unspecified atom stereocenters. The molecule has 2 amide bonds. The first-order chi connectivity index (χ1) is 18.9. The molecule has 2 aromatic carbocycles. The summed E-state index contributed by atoms with van der Waals surface area (Å²) in [5, 5.41) is 9.51. The number of hydrogen-bond acceptors (Lipinski definition) is 7. The van der Waals surface area contributed by atoms with E-state index in [9.17, 15) is 18.8 Å². The molecule has 0 radical (unpaired) electrons. The lowest BCUT2D eigenvalue weighted by Crippen LogP contribution is -2.44. The third-order valence-electron chi connectivity index (χ3n) is 7.46. The summed E-state index contributed by atoms with van der Waals surface area (Å²) in [6.07, 6.45) is 1.42. The van der Waals surface area contributed by atoms with Gasteiger partial charge in [0.2, 0.25) is 5.91 Å². The van der Waals surface area contributed by atoms with Crippen molar-refractivity contribution in [2.75, 3.05) is 20.3 Å². The van der Waals surface area contributed by atoms with Gasteiger partial charge in [-0.05, 0) is 48.6 Å². The number of alkyl carbamates (subject to hydrolysis) is 1. The van der Waals surface area contributed by atoms with Crippen LogP contribution in [0.1, 0.15) is 48.0 Å². The van der Waals surface area contributed by atoms with Gasteiger partial charge in [-0.25, -0.2) is 14.0 Å². The van der Waals surface area contributed by atoms with Crippen molar-refractivity contribution in [2.45, 2.75) is 43.6 Å². The summed E-state index contributed by atoms with van der Waals surface area (Å²) in [6, 6.07) is 14.6. The maximum atomic E-state index is 13.4. The molecule has 3 aromatic rings. The second-order valence-corrected chi connectivity index (χ2v) is 9.96. The van der Waals surface area contributed by atoms with Crippen molar-refractivity contribution in [1.82, 2.24) is 15.8 Å². The minimum Gasteiger partial charge on any atom is -0.467 e. The quantitative estimate of drug-likeness (QED) is 0.376. The molecule has 9 nitrogen and oxygen atoms in total. The number of carbonyl (C=O) groups excluding carboxylic acids is 3. The lowest BCUT2D eigenvalue weighted by Gasteiger charge is -2.21. The van der Waals surface area contributed by atoms with E-state index in [1.165, 1.54) is 19.2 Å². The molecule has 0 saturated heterocycles. The molecule has 1 heterocycles. The number of benzene rings is 2. The summed E-state index contributed by atoms with van der Waals surface area (Å²) in [5.41, 5.74) is 3.43. The minimum absolute atomic E-state index is 0.0173. The number of esters is 1. The highest BCUT2D eigenvalue weighted by Gasteiger charge is 2.49. The SMILES string of the molecule is COC(=O)[C@H](Cc1ccccc1)NC(=O)CCNC(=O)OCC1CC2CC1c1c(-c3ccc([18F])cc3)noc12. The van der Waals surface area contributed by atoms with Crippen LogP contribution in [-0.4, -0.2) is 49.4 Å². The molecule has 10 heteroatoms. The number of ether oxygens (including phenoxy) is 2. The fraction of sp³-hybridized carbons (Fsp3) is 0.379. The number of halogens is 1. The average Bonchev–Trinajstić information content (AvgIpc) is 3.65. The molecule has 0 aliphatic heterocycles. The van der Waals surface area contributed by atoms with Gasteiger partial charge in [0.1, 0.15) is 23.3 Å². The summed E-state index contributed by atoms with van der Waals surface area (Å²) < 4.78 is 29.3. The molecule has 39 heavy (non-hydrogen) atoms. The van der Waals surface area contributed by atoms with Crippen LogP contribution in [-0.2, 0) is 25.5 Å². The van der Waals surface area contributed by atoms with Gasteiger partial charge in [-0.1, -0.05) is 35.5 Å². The van der Waals surface area contributed by atoms with E-state index < -0.39 is 18.1 Å². The van der Waals surface area contributed by atoms with Gasteiger partial charge in [0.15, 0.2) is 0 Å². The predicted molar refractivity (Wildman–Crippen MR) is 138 cm³/mol. The molecule has 2 N–H and O–H groups in total. The molecule has 5 rings (SSSR count).